The molecule has 0 saturated carbocycles. The largest absolute Gasteiger partial charge is 0.375 e. The molecule has 0 aliphatic rings. The van der Waals surface area contributed by atoms with Crippen LogP contribution in [0, 0.1) is 5.82 Å². The summed E-state index contributed by atoms with van der Waals surface area (Å²) in [6, 6.07) is 14.9. The van der Waals surface area contributed by atoms with Crippen LogP contribution in [0.1, 0.15) is 28.9 Å². The zero-order chi connectivity index (χ0) is 18.5. The molecule has 6 heteroatoms. The van der Waals surface area contributed by atoms with Crippen LogP contribution >= 0.6 is 0 Å². The summed E-state index contributed by atoms with van der Waals surface area (Å²) in [5, 5.41) is 7.02. The van der Waals surface area contributed by atoms with Crippen molar-refractivity contribution in [1.29, 1.82) is 0 Å². The van der Waals surface area contributed by atoms with Crippen LogP contribution in [0.5, 0.6) is 0 Å². The molecule has 0 aliphatic carbocycles. The van der Waals surface area contributed by atoms with E-state index >= 15 is 0 Å². The molecule has 0 radical (unpaired) electrons. The van der Waals surface area contributed by atoms with Gasteiger partial charge in [-0.3, -0.25) is 4.79 Å². The standard InChI is InChI=1S/C20H20FN3O2/c1-14(19(26-2)17-6-3-4-7-18(17)21)23-20(25)15-8-10-16(11-9-15)24-13-5-12-22-24/h3-14,19H,1-2H3,(H,23,25)/t14-,19+/m1/s1. The number of aromatic nitrogens is 2. The van der Waals surface area contributed by atoms with Crippen LogP contribution < -0.4 is 5.32 Å². The average molecular weight is 353 g/mol. The van der Waals surface area contributed by atoms with E-state index in [-0.39, 0.29) is 11.7 Å². The van der Waals surface area contributed by atoms with Gasteiger partial charge >= 0.3 is 0 Å². The number of ether oxygens (including phenoxy) is 1. The Bertz CT molecular complexity index is 863. The maximum absolute atomic E-state index is 14.0. The lowest BCUT2D eigenvalue weighted by Gasteiger charge is -2.24. The number of hydrogen-bond acceptors (Lipinski definition) is 3. The summed E-state index contributed by atoms with van der Waals surface area (Å²) in [5.41, 5.74) is 1.79. The second-order valence-corrected chi connectivity index (χ2v) is 5.94. The highest BCUT2D eigenvalue weighted by atomic mass is 19.1. The molecule has 3 rings (SSSR count). The highest BCUT2D eigenvalue weighted by Crippen LogP contribution is 2.23. The monoisotopic (exact) mass is 353 g/mol. The first-order valence-corrected chi connectivity index (χ1v) is 8.28. The highest BCUT2D eigenvalue weighted by Gasteiger charge is 2.23. The third kappa shape index (κ3) is 3.81. The minimum Gasteiger partial charge on any atom is -0.375 e. The summed E-state index contributed by atoms with van der Waals surface area (Å²) < 4.78 is 21.2. The first-order chi connectivity index (χ1) is 12.6. The Morgan fingerprint density at radius 2 is 1.88 bits per heavy atom. The molecule has 0 fully saturated rings. The first-order valence-electron chi connectivity index (χ1n) is 8.28. The lowest BCUT2D eigenvalue weighted by molar-refractivity contribution is 0.0625. The van der Waals surface area contributed by atoms with E-state index in [0.29, 0.717) is 11.1 Å². The summed E-state index contributed by atoms with van der Waals surface area (Å²) >= 11 is 0. The van der Waals surface area contributed by atoms with Crippen molar-refractivity contribution >= 4 is 5.91 Å². The molecule has 1 N–H and O–H groups in total. The minimum atomic E-state index is -0.580. The Morgan fingerprint density at radius 3 is 2.50 bits per heavy atom. The van der Waals surface area contributed by atoms with Crippen molar-refractivity contribution in [2.24, 2.45) is 0 Å². The third-order valence-electron chi connectivity index (χ3n) is 4.18. The maximum Gasteiger partial charge on any atom is 0.251 e. The lowest BCUT2D eigenvalue weighted by atomic mass is 10.0. The number of hydrogen-bond donors (Lipinski definition) is 1. The second kappa shape index (κ2) is 7.93. The number of nitrogens with zero attached hydrogens (tertiary/aromatic N) is 2. The Kier molecular flexibility index (Phi) is 5.43. The number of amides is 1. The van der Waals surface area contributed by atoms with Gasteiger partial charge in [-0.1, -0.05) is 18.2 Å². The molecule has 5 nitrogen and oxygen atoms in total. The predicted molar refractivity (Wildman–Crippen MR) is 96.6 cm³/mol. The van der Waals surface area contributed by atoms with Crippen LogP contribution in [0.25, 0.3) is 5.69 Å². The maximum atomic E-state index is 14.0. The van der Waals surface area contributed by atoms with Crippen LogP contribution in [0.3, 0.4) is 0 Å². The molecule has 1 aromatic heterocycles. The van der Waals surface area contributed by atoms with Gasteiger partial charge in [0.2, 0.25) is 0 Å². The number of methoxy groups -OCH3 is 1. The summed E-state index contributed by atoms with van der Waals surface area (Å²) in [7, 11) is 1.50. The zero-order valence-electron chi connectivity index (χ0n) is 14.6. The molecule has 0 spiro atoms. The molecular formula is C20H20FN3O2. The fraction of sp³-hybridized carbons (Fsp3) is 0.200. The number of carbonyl (C=O) groups excluding carboxylic acids is 1. The Morgan fingerprint density at radius 1 is 1.15 bits per heavy atom. The molecule has 0 bridgehead atoms. The smallest absolute Gasteiger partial charge is 0.251 e. The number of rotatable bonds is 6. The fourth-order valence-corrected chi connectivity index (χ4v) is 2.86. The number of benzene rings is 2. The SMILES string of the molecule is CO[C@H](c1ccccc1F)[C@@H](C)NC(=O)c1ccc(-n2cccn2)cc1. The van der Waals surface area contributed by atoms with Gasteiger partial charge in [0.1, 0.15) is 11.9 Å². The van der Waals surface area contributed by atoms with Crippen molar-refractivity contribution in [2.45, 2.75) is 19.1 Å². The van der Waals surface area contributed by atoms with E-state index in [0.717, 1.165) is 5.69 Å². The predicted octanol–water partition coefficient (Wildman–Crippen LogP) is 3.52. The Balaban J connectivity index is 1.71. The molecule has 2 aromatic carbocycles. The molecule has 134 valence electrons. The van der Waals surface area contributed by atoms with Gasteiger partial charge in [0, 0.05) is 30.6 Å². The fourth-order valence-electron chi connectivity index (χ4n) is 2.86. The molecule has 0 unspecified atom stereocenters. The van der Waals surface area contributed by atoms with Crippen molar-refractivity contribution < 1.29 is 13.9 Å². The molecule has 1 heterocycles. The van der Waals surface area contributed by atoms with Crippen LogP contribution in [0.2, 0.25) is 0 Å². The Labute approximate surface area is 151 Å². The van der Waals surface area contributed by atoms with Gasteiger partial charge in [-0.15, -0.1) is 0 Å². The molecule has 26 heavy (non-hydrogen) atoms. The van der Waals surface area contributed by atoms with E-state index in [1.165, 1.54) is 13.2 Å². The van der Waals surface area contributed by atoms with E-state index in [2.05, 4.69) is 10.4 Å². The van der Waals surface area contributed by atoms with Gasteiger partial charge in [-0.05, 0) is 43.3 Å². The van der Waals surface area contributed by atoms with E-state index in [1.807, 2.05) is 24.4 Å². The molecular weight excluding hydrogens is 333 g/mol. The van der Waals surface area contributed by atoms with Gasteiger partial charge in [0.25, 0.3) is 5.91 Å². The molecule has 1 amide bonds. The van der Waals surface area contributed by atoms with Crippen LogP contribution in [0.15, 0.2) is 67.0 Å². The van der Waals surface area contributed by atoms with Crippen molar-refractivity contribution in [1.82, 2.24) is 15.1 Å². The molecule has 0 saturated heterocycles. The van der Waals surface area contributed by atoms with Gasteiger partial charge in [-0.25, -0.2) is 9.07 Å². The summed E-state index contributed by atoms with van der Waals surface area (Å²) in [4.78, 5) is 12.5. The third-order valence-corrected chi connectivity index (χ3v) is 4.18. The highest BCUT2D eigenvalue weighted by molar-refractivity contribution is 5.94. The van der Waals surface area contributed by atoms with Gasteiger partial charge in [0.15, 0.2) is 0 Å². The van der Waals surface area contributed by atoms with Gasteiger partial charge in [-0.2, -0.15) is 5.10 Å². The van der Waals surface area contributed by atoms with E-state index < -0.39 is 12.1 Å². The number of nitrogens with one attached hydrogen (secondary N) is 1. The average Bonchev–Trinajstić information content (AvgIpc) is 3.19. The minimum absolute atomic E-state index is 0.247. The van der Waals surface area contributed by atoms with Crippen LogP contribution in [-0.4, -0.2) is 28.8 Å². The molecule has 3 aromatic rings. The van der Waals surface area contributed by atoms with Gasteiger partial charge < -0.3 is 10.1 Å². The topological polar surface area (TPSA) is 56.1 Å². The summed E-state index contributed by atoms with van der Waals surface area (Å²) in [6.07, 6.45) is 2.94. The molecule has 0 aliphatic heterocycles. The normalized spacial score (nSPS) is 13.2. The first kappa shape index (κ1) is 17.8. The summed E-state index contributed by atoms with van der Waals surface area (Å²) in [5.74, 6) is -0.605. The van der Waals surface area contributed by atoms with Crippen molar-refractivity contribution in [2.75, 3.05) is 7.11 Å². The zero-order valence-corrected chi connectivity index (χ0v) is 14.6. The van der Waals surface area contributed by atoms with Crippen molar-refractivity contribution in [3.8, 4) is 5.69 Å². The van der Waals surface area contributed by atoms with Crippen LogP contribution in [-0.2, 0) is 4.74 Å². The van der Waals surface area contributed by atoms with Crippen molar-refractivity contribution in [3.05, 3.63) is 83.9 Å². The quantitative estimate of drug-likeness (QED) is 0.738. The molecule has 2 atom stereocenters. The summed E-state index contributed by atoms with van der Waals surface area (Å²) in [6.45, 7) is 1.79. The van der Waals surface area contributed by atoms with Crippen LogP contribution in [0.4, 0.5) is 4.39 Å². The van der Waals surface area contributed by atoms with E-state index in [1.54, 1.807) is 48.1 Å². The van der Waals surface area contributed by atoms with E-state index in [9.17, 15) is 9.18 Å². The lowest BCUT2D eigenvalue weighted by Crippen LogP contribution is -2.38. The number of carbonyl (C=O) groups is 1. The van der Waals surface area contributed by atoms with Gasteiger partial charge in [0.05, 0.1) is 11.7 Å². The Hall–Kier alpha value is -2.99. The second-order valence-electron chi connectivity index (χ2n) is 5.94. The van der Waals surface area contributed by atoms with Crippen molar-refractivity contribution in [3.63, 3.8) is 0 Å². The number of halogens is 1. The van der Waals surface area contributed by atoms with E-state index in [4.69, 9.17) is 4.74 Å².